The zero-order chi connectivity index (χ0) is 12.5. The van der Waals surface area contributed by atoms with Gasteiger partial charge in [-0.1, -0.05) is 54.1 Å². The highest BCUT2D eigenvalue weighted by Crippen LogP contribution is 2.53. The first-order valence-electron chi connectivity index (χ1n) is 6.31. The number of nitrogens with two attached hydrogens (primary N) is 1. The zero-order valence-corrected chi connectivity index (χ0v) is 12.1. The molecule has 1 fully saturated rings. The Labute approximate surface area is 125 Å². The molecule has 19 heavy (non-hydrogen) atoms. The maximum absolute atomic E-state index is 6.34. The molecule has 0 radical (unpaired) electrons. The monoisotopic (exact) mass is 293 g/mol. The summed E-state index contributed by atoms with van der Waals surface area (Å²) in [6, 6.07) is 18.6. The third-order valence-electron chi connectivity index (χ3n) is 3.78. The molecule has 3 heteroatoms. The van der Waals surface area contributed by atoms with Crippen LogP contribution in [0.2, 0.25) is 5.02 Å². The Balaban J connectivity index is 0.00000133. The SMILES string of the molecule is Cl.NC(c1ccc(Cl)cc1)[C@@H]1C[C@H]1c1ccccc1. The van der Waals surface area contributed by atoms with Gasteiger partial charge in [0, 0.05) is 11.1 Å². The number of hydrogen-bond donors (Lipinski definition) is 1. The lowest BCUT2D eigenvalue weighted by molar-refractivity contribution is 0.616. The van der Waals surface area contributed by atoms with Crippen LogP contribution in [0.15, 0.2) is 54.6 Å². The van der Waals surface area contributed by atoms with Crippen LogP contribution in [-0.2, 0) is 0 Å². The van der Waals surface area contributed by atoms with Crippen molar-refractivity contribution in [3.05, 3.63) is 70.7 Å². The molecule has 2 aromatic carbocycles. The van der Waals surface area contributed by atoms with Gasteiger partial charge >= 0.3 is 0 Å². The van der Waals surface area contributed by atoms with Gasteiger partial charge in [0.2, 0.25) is 0 Å². The van der Waals surface area contributed by atoms with E-state index in [4.69, 9.17) is 17.3 Å². The van der Waals surface area contributed by atoms with Crippen LogP contribution >= 0.6 is 24.0 Å². The Bertz CT molecular complexity index is 524. The van der Waals surface area contributed by atoms with Crippen molar-refractivity contribution in [2.75, 3.05) is 0 Å². The van der Waals surface area contributed by atoms with Crippen LogP contribution in [0.5, 0.6) is 0 Å². The minimum Gasteiger partial charge on any atom is -0.324 e. The van der Waals surface area contributed by atoms with Crippen molar-refractivity contribution in [2.45, 2.75) is 18.4 Å². The Kier molecular flexibility index (Phi) is 4.51. The highest BCUT2D eigenvalue weighted by molar-refractivity contribution is 6.30. The second-order valence-electron chi connectivity index (χ2n) is 4.99. The molecule has 1 aliphatic carbocycles. The fraction of sp³-hybridized carbons (Fsp3) is 0.250. The first-order valence-corrected chi connectivity index (χ1v) is 6.69. The van der Waals surface area contributed by atoms with Crippen LogP contribution in [0.4, 0.5) is 0 Å². The van der Waals surface area contributed by atoms with Crippen LogP contribution in [0.25, 0.3) is 0 Å². The Morgan fingerprint density at radius 2 is 1.63 bits per heavy atom. The molecule has 0 amide bonds. The maximum Gasteiger partial charge on any atom is 0.0406 e. The smallest absolute Gasteiger partial charge is 0.0406 e. The quantitative estimate of drug-likeness (QED) is 0.882. The highest BCUT2D eigenvalue weighted by atomic mass is 35.5. The second-order valence-corrected chi connectivity index (χ2v) is 5.43. The Hall–Kier alpha value is -1.02. The molecule has 0 aliphatic heterocycles. The molecule has 3 rings (SSSR count). The van der Waals surface area contributed by atoms with Crippen molar-refractivity contribution in [3.8, 4) is 0 Å². The summed E-state index contributed by atoms with van der Waals surface area (Å²) in [7, 11) is 0. The lowest BCUT2D eigenvalue weighted by atomic mass is 10.00. The van der Waals surface area contributed by atoms with E-state index >= 15 is 0 Å². The van der Waals surface area contributed by atoms with Crippen LogP contribution in [0.3, 0.4) is 0 Å². The summed E-state index contributed by atoms with van der Waals surface area (Å²) in [5.41, 5.74) is 8.93. The summed E-state index contributed by atoms with van der Waals surface area (Å²) < 4.78 is 0. The number of halogens is 2. The van der Waals surface area contributed by atoms with Gasteiger partial charge in [0.15, 0.2) is 0 Å². The summed E-state index contributed by atoms with van der Waals surface area (Å²) in [4.78, 5) is 0. The van der Waals surface area contributed by atoms with E-state index in [1.54, 1.807) is 0 Å². The number of benzene rings is 2. The van der Waals surface area contributed by atoms with Gasteiger partial charge in [-0.2, -0.15) is 0 Å². The van der Waals surface area contributed by atoms with Gasteiger partial charge in [0.1, 0.15) is 0 Å². The molecule has 1 unspecified atom stereocenters. The van der Waals surface area contributed by atoms with E-state index in [9.17, 15) is 0 Å². The van der Waals surface area contributed by atoms with E-state index in [-0.39, 0.29) is 18.4 Å². The lowest BCUT2D eigenvalue weighted by Crippen LogP contribution is -2.13. The summed E-state index contributed by atoms with van der Waals surface area (Å²) in [5.74, 6) is 1.19. The second kappa shape index (κ2) is 5.96. The average molecular weight is 294 g/mol. The molecule has 1 nitrogen and oxygen atoms in total. The molecule has 0 spiro atoms. The largest absolute Gasteiger partial charge is 0.324 e. The standard InChI is InChI=1S/C16H16ClN.ClH/c17-13-8-6-12(7-9-13)16(18)15-10-14(15)11-4-2-1-3-5-11;/h1-9,14-16H,10,18H2;1H/t14-,15+,16?;/m0./s1. The zero-order valence-electron chi connectivity index (χ0n) is 10.5. The van der Waals surface area contributed by atoms with E-state index in [1.165, 1.54) is 17.5 Å². The van der Waals surface area contributed by atoms with Gasteiger partial charge in [-0.15, -0.1) is 12.4 Å². The lowest BCUT2D eigenvalue weighted by Gasteiger charge is -2.12. The highest BCUT2D eigenvalue weighted by Gasteiger charge is 2.42. The predicted octanol–water partition coefficient (Wildman–Crippen LogP) is 4.57. The van der Waals surface area contributed by atoms with E-state index in [0.717, 1.165) is 5.02 Å². The molecule has 0 heterocycles. The van der Waals surface area contributed by atoms with Crippen LogP contribution < -0.4 is 5.73 Å². The van der Waals surface area contributed by atoms with Gasteiger partial charge in [0.25, 0.3) is 0 Å². The van der Waals surface area contributed by atoms with E-state index in [0.29, 0.717) is 11.8 Å². The molecule has 3 atom stereocenters. The fourth-order valence-electron chi connectivity index (χ4n) is 2.63. The van der Waals surface area contributed by atoms with Gasteiger partial charge in [0.05, 0.1) is 0 Å². The van der Waals surface area contributed by atoms with E-state index in [2.05, 4.69) is 30.3 Å². The normalized spacial score (nSPS) is 22.4. The summed E-state index contributed by atoms with van der Waals surface area (Å²) >= 11 is 5.90. The molecule has 1 saturated carbocycles. The van der Waals surface area contributed by atoms with E-state index in [1.807, 2.05) is 24.3 Å². The molecular weight excluding hydrogens is 277 g/mol. The molecule has 0 aromatic heterocycles. The van der Waals surface area contributed by atoms with Gasteiger partial charge in [-0.3, -0.25) is 0 Å². The summed E-state index contributed by atoms with van der Waals surface area (Å²) in [5, 5.41) is 0.765. The first-order chi connectivity index (χ1) is 8.75. The molecule has 2 N–H and O–H groups in total. The van der Waals surface area contributed by atoms with Crippen molar-refractivity contribution in [1.82, 2.24) is 0 Å². The minimum absolute atomic E-state index is 0. The van der Waals surface area contributed by atoms with Crippen molar-refractivity contribution in [1.29, 1.82) is 0 Å². The van der Waals surface area contributed by atoms with Crippen LogP contribution in [0, 0.1) is 5.92 Å². The van der Waals surface area contributed by atoms with Crippen molar-refractivity contribution < 1.29 is 0 Å². The summed E-state index contributed by atoms with van der Waals surface area (Å²) in [6.07, 6.45) is 1.19. The van der Waals surface area contributed by atoms with Gasteiger partial charge < -0.3 is 5.73 Å². The van der Waals surface area contributed by atoms with Crippen LogP contribution in [-0.4, -0.2) is 0 Å². The molecule has 2 aromatic rings. The van der Waals surface area contributed by atoms with Crippen molar-refractivity contribution in [2.24, 2.45) is 11.7 Å². The average Bonchev–Trinajstić information content (AvgIpc) is 3.20. The fourth-order valence-corrected chi connectivity index (χ4v) is 2.75. The van der Waals surface area contributed by atoms with E-state index < -0.39 is 0 Å². The maximum atomic E-state index is 6.34. The van der Waals surface area contributed by atoms with Gasteiger partial charge in [-0.25, -0.2) is 0 Å². The van der Waals surface area contributed by atoms with Gasteiger partial charge in [-0.05, 0) is 41.5 Å². The minimum atomic E-state index is 0. The molecule has 0 saturated heterocycles. The molecule has 0 bridgehead atoms. The molecule has 1 aliphatic rings. The first kappa shape index (κ1) is 14.4. The summed E-state index contributed by atoms with van der Waals surface area (Å²) in [6.45, 7) is 0. The predicted molar refractivity (Wildman–Crippen MR) is 82.9 cm³/mol. The third kappa shape index (κ3) is 3.11. The number of rotatable bonds is 3. The van der Waals surface area contributed by atoms with Crippen molar-refractivity contribution >= 4 is 24.0 Å². The number of hydrogen-bond acceptors (Lipinski definition) is 1. The van der Waals surface area contributed by atoms with Crippen molar-refractivity contribution in [3.63, 3.8) is 0 Å². The molecule has 100 valence electrons. The third-order valence-corrected chi connectivity index (χ3v) is 4.04. The van der Waals surface area contributed by atoms with Crippen LogP contribution in [0.1, 0.15) is 29.5 Å². The topological polar surface area (TPSA) is 26.0 Å². The molecular formula is C16H17Cl2N. The Morgan fingerprint density at radius 1 is 1.00 bits per heavy atom. The Morgan fingerprint density at radius 3 is 2.26 bits per heavy atom.